The largest absolute Gasteiger partial charge is 0.487 e. The second kappa shape index (κ2) is 16.0. The second-order valence-electron chi connectivity index (χ2n) is 13.5. The molecule has 3 aromatic heterocycles. The lowest BCUT2D eigenvalue weighted by atomic mass is 9.89. The number of fused-ring (bicyclic) bond motifs is 2. The molecule has 0 amide bonds. The Morgan fingerprint density at radius 3 is 2.44 bits per heavy atom. The summed E-state index contributed by atoms with van der Waals surface area (Å²) in [5.74, 6) is 1.48. The molecule has 0 spiro atoms. The topological polar surface area (TPSA) is 150 Å². The van der Waals surface area contributed by atoms with Crippen LogP contribution in [-0.4, -0.2) is 97.2 Å². The van der Waals surface area contributed by atoms with E-state index in [0.717, 1.165) is 55.7 Å². The molecule has 4 aromatic rings. The minimum Gasteiger partial charge on any atom is -0.487 e. The normalized spacial score (nSPS) is 22.6. The van der Waals surface area contributed by atoms with Gasteiger partial charge < -0.3 is 24.3 Å². The van der Waals surface area contributed by atoms with Crippen molar-refractivity contribution < 1.29 is 18.9 Å². The Bertz CT molecular complexity index is 1700. The Kier molecular flexibility index (Phi) is 10.8. The highest BCUT2D eigenvalue weighted by atomic mass is 16.5. The number of morpholine rings is 1. The van der Waals surface area contributed by atoms with Gasteiger partial charge in [0.2, 0.25) is 5.95 Å². The molecule has 0 unspecified atom stereocenters. The highest BCUT2D eigenvalue weighted by molar-refractivity contribution is 5.67. The Morgan fingerprint density at radius 1 is 0.980 bits per heavy atom. The molecule has 14 heteroatoms. The number of rotatable bonds is 15. The summed E-state index contributed by atoms with van der Waals surface area (Å²) in [6.07, 6.45) is 17.3. The number of hydrogen-bond donors (Lipinski definition) is 1. The van der Waals surface area contributed by atoms with Gasteiger partial charge in [-0.05, 0) is 76.0 Å². The first kappa shape index (κ1) is 33.9. The molecule has 3 atom stereocenters. The van der Waals surface area contributed by atoms with Gasteiger partial charge in [-0.3, -0.25) is 9.58 Å². The smallest absolute Gasteiger partial charge is 0.256 e. The summed E-state index contributed by atoms with van der Waals surface area (Å²) in [6, 6.07) is 9.81. The molecule has 5 heterocycles. The molecular formula is C36H46N10O4. The summed E-state index contributed by atoms with van der Waals surface area (Å²) in [5, 5.41) is 22.1. The minimum absolute atomic E-state index is 0.228. The average Bonchev–Trinajstić information content (AvgIpc) is 3.86. The Morgan fingerprint density at radius 2 is 1.72 bits per heavy atom. The number of benzene rings is 1. The van der Waals surface area contributed by atoms with Crippen LogP contribution < -0.4 is 14.8 Å². The van der Waals surface area contributed by atoms with Crippen molar-refractivity contribution in [3.63, 3.8) is 0 Å². The molecule has 2 bridgehead atoms. The zero-order valence-corrected chi connectivity index (χ0v) is 28.9. The molecule has 264 valence electrons. The van der Waals surface area contributed by atoms with Crippen LogP contribution in [0.3, 0.4) is 0 Å². The van der Waals surface area contributed by atoms with E-state index in [0.29, 0.717) is 67.1 Å². The predicted octanol–water partition coefficient (Wildman–Crippen LogP) is 5.17. The molecule has 0 radical (unpaired) electrons. The number of nitrogens with one attached hydrogen (secondary N) is 1. The van der Waals surface area contributed by atoms with E-state index in [1.165, 1.54) is 32.0 Å². The zero-order valence-electron chi connectivity index (χ0n) is 28.9. The van der Waals surface area contributed by atoms with Crippen molar-refractivity contribution in [2.45, 2.75) is 95.1 Å². The maximum Gasteiger partial charge on any atom is 0.256 e. The third-order valence-corrected chi connectivity index (χ3v) is 10.0. The Labute approximate surface area is 292 Å². The van der Waals surface area contributed by atoms with E-state index >= 15 is 0 Å². The predicted molar refractivity (Wildman–Crippen MR) is 185 cm³/mol. The molecule has 1 aliphatic carbocycles. The van der Waals surface area contributed by atoms with Crippen LogP contribution in [0.2, 0.25) is 0 Å². The van der Waals surface area contributed by atoms with Gasteiger partial charge in [0.15, 0.2) is 0 Å². The van der Waals surface area contributed by atoms with Crippen molar-refractivity contribution in [3.8, 4) is 28.8 Å². The lowest BCUT2D eigenvalue weighted by Crippen LogP contribution is -2.52. The lowest BCUT2D eigenvalue weighted by molar-refractivity contribution is -0.0458. The third-order valence-electron chi connectivity index (χ3n) is 10.0. The van der Waals surface area contributed by atoms with Gasteiger partial charge in [-0.25, -0.2) is 19.6 Å². The quantitative estimate of drug-likeness (QED) is 0.165. The first-order chi connectivity index (χ1) is 24.6. The van der Waals surface area contributed by atoms with Gasteiger partial charge in [-0.1, -0.05) is 6.07 Å². The number of nitrogens with zero attached hydrogens (tertiary/aromatic N) is 9. The Balaban J connectivity index is 1.02. The number of methoxy groups -OCH3 is 1. The summed E-state index contributed by atoms with van der Waals surface area (Å²) in [5.41, 5.74) is 2.83. The van der Waals surface area contributed by atoms with Gasteiger partial charge in [0.1, 0.15) is 36.3 Å². The van der Waals surface area contributed by atoms with Crippen LogP contribution in [0.1, 0.15) is 69.9 Å². The number of aromatic nitrogens is 7. The lowest BCUT2D eigenvalue weighted by Gasteiger charge is -2.43. The number of ether oxygens (including phenoxy) is 4. The molecule has 14 nitrogen and oxygen atoms in total. The molecule has 3 aliphatic rings. The van der Waals surface area contributed by atoms with Crippen molar-refractivity contribution in [1.29, 1.82) is 5.26 Å². The van der Waals surface area contributed by atoms with Crippen LogP contribution in [-0.2, 0) is 16.0 Å². The molecule has 2 aliphatic heterocycles. The van der Waals surface area contributed by atoms with Gasteiger partial charge in [-0.2, -0.15) is 10.4 Å². The van der Waals surface area contributed by atoms with Gasteiger partial charge in [0.05, 0.1) is 44.2 Å². The summed E-state index contributed by atoms with van der Waals surface area (Å²) < 4.78 is 27.2. The minimum atomic E-state index is -0.228. The van der Waals surface area contributed by atoms with Crippen molar-refractivity contribution in [3.05, 3.63) is 55.0 Å². The molecule has 2 saturated heterocycles. The number of hydrogen-bond acceptors (Lipinski definition) is 12. The van der Waals surface area contributed by atoms with Crippen molar-refractivity contribution in [2.24, 2.45) is 0 Å². The highest BCUT2D eigenvalue weighted by Crippen LogP contribution is 2.39. The number of unbranched alkanes of at least 4 members (excludes halogenated alkanes) is 1. The highest BCUT2D eigenvalue weighted by Gasteiger charge is 2.42. The molecule has 3 fully saturated rings. The third kappa shape index (κ3) is 7.90. The van der Waals surface area contributed by atoms with E-state index in [4.69, 9.17) is 24.0 Å². The van der Waals surface area contributed by atoms with Gasteiger partial charge in [0, 0.05) is 49.8 Å². The molecular weight excluding hydrogens is 636 g/mol. The zero-order chi connectivity index (χ0) is 34.3. The first-order valence-corrected chi connectivity index (χ1v) is 17.8. The molecule has 1 saturated carbocycles. The van der Waals surface area contributed by atoms with Crippen LogP contribution in [0.25, 0.3) is 11.1 Å². The molecule has 1 N–H and O–H groups in total. The summed E-state index contributed by atoms with van der Waals surface area (Å²) >= 11 is 0. The first-order valence-electron chi connectivity index (χ1n) is 17.8. The van der Waals surface area contributed by atoms with Gasteiger partial charge >= 0.3 is 0 Å². The van der Waals surface area contributed by atoms with Crippen LogP contribution in [0.5, 0.6) is 11.6 Å². The maximum atomic E-state index is 9.69. The number of nitriles is 1. The van der Waals surface area contributed by atoms with Gasteiger partial charge in [0.25, 0.3) is 5.88 Å². The molecule has 7 rings (SSSR count). The Hall–Kier alpha value is -4.58. The summed E-state index contributed by atoms with van der Waals surface area (Å²) in [7, 11) is 1.71. The fourth-order valence-electron chi connectivity index (χ4n) is 7.55. The van der Waals surface area contributed by atoms with E-state index in [2.05, 4.69) is 41.0 Å². The number of anilines is 2. The maximum absolute atomic E-state index is 9.69. The molecule has 1 aromatic carbocycles. The van der Waals surface area contributed by atoms with Crippen LogP contribution in [0.4, 0.5) is 11.6 Å². The van der Waals surface area contributed by atoms with Gasteiger partial charge in [-0.15, -0.1) is 5.10 Å². The van der Waals surface area contributed by atoms with Crippen molar-refractivity contribution in [2.75, 3.05) is 38.9 Å². The van der Waals surface area contributed by atoms with Crippen LogP contribution >= 0.6 is 0 Å². The summed E-state index contributed by atoms with van der Waals surface area (Å²) in [4.78, 5) is 16.0. The van der Waals surface area contributed by atoms with E-state index in [1.54, 1.807) is 36.6 Å². The van der Waals surface area contributed by atoms with E-state index < -0.39 is 0 Å². The van der Waals surface area contributed by atoms with E-state index in [1.807, 2.05) is 25.3 Å². The van der Waals surface area contributed by atoms with E-state index in [9.17, 15) is 5.26 Å². The SMILES string of the molecule is COCCCCOc1nn([C@H]2CC[C@H](N3[C@@H]4CC[C@@H]3COC4)CC2)cc1Nc1ncc(-c2ccc(C#N)c(O[C@@H](C)Cn3cncn3)c2)cn1. The fraction of sp³-hybridized carbons (Fsp3) is 0.556. The monoisotopic (exact) mass is 682 g/mol. The fourth-order valence-corrected chi connectivity index (χ4v) is 7.55. The second-order valence-corrected chi connectivity index (χ2v) is 13.5. The average molecular weight is 683 g/mol. The van der Waals surface area contributed by atoms with Crippen LogP contribution in [0, 0.1) is 11.3 Å². The summed E-state index contributed by atoms with van der Waals surface area (Å²) in [6.45, 7) is 5.44. The van der Waals surface area contributed by atoms with E-state index in [-0.39, 0.29) is 6.10 Å². The van der Waals surface area contributed by atoms with Crippen LogP contribution in [0.15, 0.2) is 49.4 Å². The standard InChI is InChI=1S/C36H46N10O4/c1-25(19-44-24-38-23-41-44)50-34-15-26(5-6-27(34)16-37)28-17-39-36(40-18-28)42-33-20-45(43-35(33)49-14-4-3-13-47-2)29-7-9-30(10-8-29)46-31-11-12-32(46)22-48-21-31/h5-6,15,17-18,20,23-25,29-32H,3-4,7-14,19,21-22H2,1-2H3,(H,39,40,42)/t25-,29-,30-,31+,32+/m0/s1. The molecule has 50 heavy (non-hydrogen) atoms. The van der Waals surface area contributed by atoms with Crippen molar-refractivity contribution in [1.82, 2.24) is 39.4 Å². The van der Waals surface area contributed by atoms with Crippen molar-refractivity contribution >= 4 is 11.6 Å².